The molecule has 0 N–H and O–H groups in total. The van der Waals surface area contributed by atoms with Crippen molar-refractivity contribution in [1.29, 1.82) is 0 Å². The van der Waals surface area contributed by atoms with Gasteiger partial charge in [0.15, 0.2) is 0 Å². The molecule has 2 aromatic carbocycles. The Hall–Kier alpha value is -2.39. The molecule has 4 rings (SSSR count). The van der Waals surface area contributed by atoms with E-state index in [2.05, 4.69) is 46.4 Å². The molecule has 0 spiro atoms. The van der Waals surface area contributed by atoms with Gasteiger partial charge in [0, 0.05) is 23.2 Å². The zero-order valence-electron chi connectivity index (χ0n) is 11.2. The molecule has 0 saturated heterocycles. The largest absolute Gasteiger partial charge is 0.249 e. The van der Waals surface area contributed by atoms with Crippen molar-refractivity contribution in [2.45, 2.75) is 10.1 Å². The van der Waals surface area contributed by atoms with E-state index in [1.165, 1.54) is 10.8 Å². The Bertz CT molecular complexity index is 857. The fraction of sp³-hybridized carbons (Fsp3) is 0. The van der Waals surface area contributed by atoms with E-state index < -0.39 is 0 Å². The molecule has 0 bridgehead atoms. The summed E-state index contributed by atoms with van der Waals surface area (Å²) in [5.74, 6) is 0. The van der Waals surface area contributed by atoms with Crippen molar-refractivity contribution in [1.82, 2.24) is 9.97 Å². The molecule has 2 nitrogen and oxygen atoms in total. The van der Waals surface area contributed by atoms with Gasteiger partial charge in [-0.15, -0.1) is 0 Å². The maximum absolute atomic E-state index is 4.51. The molecule has 3 heteroatoms. The van der Waals surface area contributed by atoms with E-state index in [1.54, 1.807) is 11.8 Å². The summed E-state index contributed by atoms with van der Waals surface area (Å²) >= 11 is 1.60. The van der Waals surface area contributed by atoms with Crippen LogP contribution in [0.1, 0.15) is 0 Å². The number of aromatic nitrogens is 2. The van der Waals surface area contributed by atoms with Crippen LogP contribution >= 0.6 is 11.8 Å². The average molecular weight is 288 g/mol. The van der Waals surface area contributed by atoms with Gasteiger partial charge in [-0.05, 0) is 22.9 Å². The van der Waals surface area contributed by atoms with Crippen molar-refractivity contribution in [2.75, 3.05) is 0 Å². The Labute approximate surface area is 126 Å². The highest BCUT2D eigenvalue weighted by molar-refractivity contribution is 7.99. The van der Waals surface area contributed by atoms with Gasteiger partial charge in [-0.3, -0.25) is 0 Å². The number of hydrogen-bond donors (Lipinski definition) is 0. The number of hydrogen-bond acceptors (Lipinski definition) is 3. The van der Waals surface area contributed by atoms with Crippen molar-refractivity contribution in [2.24, 2.45) is 0 Å². The summed E-state index contributed by atoms with van der Waals surface area (Å²) in [4.78, 5) is 9.01. The number of benzene rings is 2. The summed E-state index contributed by atoms with van der Waals surface area (Å²) in [5, 5.41) is 6.67. The first-order valence-corrected chi connectivity index (χ1v) is 7.58. The number of nitrogens with zero attached hydrogens (tertiary/aromatic N) is 2. The van der Waals surface area contributed by atoms with E-state index in [9.17, 15) is 0 Å². The Kier molecular flexibility index (Phi) is 3.05. The van der Waals surface area contributed by atoms with Gasteiger partial charge in [0.1, 0.15) is 10.1 Å². The van der Waals surface area contributed by atoms with Crippen molar-refractivity contribution in [3.05, 3.63) is 73.1 Å². The van der Waals surface area contributed by atoms with Gasteiger partial charge in [-0.2, -0.15) is 0 Å². The summed E-state index contributed by atoms with van der Waals surface area (Å²) in [6.45, 7) is 0. The highest BCUT2D eigenvalue weighted by atomic mass is 32.2. The third kappa shape index (κ3) is 2.48. The molecule has 2 heterocycles. The van der Waals surface area contributed by atoms with Crippen LogP contribution in [0.5, 0.6) is 0 Å². The lowest BCUT2D eigenvalue weighted by Crippen LogP contribution is -1.84. The van der Waals surface area contributed by atoms with E-state index in [1.807, 2.05) is 36.7 Å². The molecule has 100 valence electrons. The molecule has 0 saturated carbocycles. The van der Waals surface area contributed by atoms with Gasteiger partial charge in [0.25, 0.3) is 0 Å². The molecule has 0 atom stereocenters. The average Bonchev–Trinajstić information content (AvgIpc) is 2.55. The minimum atomic E-state index is 0.969. The molecule has 0 aliphatic rings. The molecule has 0 radical (unpaired) electrons. The lowest BCUT2D eigenvalue weighted by molar-refractivity contribution is 1.11. The lowest BCUT2D eigenvalue weighted by atomic mass is 10.2. The van der Waals surface area contributed by atoms with E-state index in [0.717, 1.165) is 20.8 Å². The predicted octanol–water partition coefficient (Wildman–Crippen LogP) is 4.93. The van der Waals surface area contributed by atoms with Crippen LogP contribution in [0.3, 0.4) is 0 Å². The third-order valence-electron chi connectivity index (χ3n) is 3.42. The quantitative estimate of drug-likeness (QED) is 0.523. The third-order valence-corrected chi connectivity index (χ3v) is 4.29. The standard InChI is InChI=1S/C18H12N2S/c1-3-7-15-11-19-17(9-13(15)5-1)21-18-10-14-6-2-4-8-16(14)12-20-18/h1-12H. The van der Waals surface area contributed by atoms with Gasteiger partial charge in [0.05, 0.1) is 0 Å². The van der Waals surface area contributed by atoms with Crippen molar-refractivity contribution in [3.8, 4) is 0 Å². The van der Waals surface area contributed by atoms with E-state index in [-0.39, 0.29) is 0 Å². The first-order valence-electron chi connectivity index (χ1n) is 6.76. The Morgan fingerprint density at radius 1 is 0.571 bits per heavy atom. The van der Waals surface area contributed by atoms with Crippen LogP contribution in [0, 0.1) is 0 Å². The van der Waals surface area contributed by atoms with Crippen molar-refractivity contribution >= 4 is 33.3 Å². The van der Waals surface area contributed by atoms with Gasteiger partial charge < -0.3 is 0 Å². The fourth-order valence-electron chi connectivity index (χ4n) is 2.35. The predicted molar refractivity (Wildman–Crippen MR) is 87.6 cm³/mol. The molecule has 0 aliphatic heterocycles. The zero-order valence-corrected chi connectivity index (χ0v) is 12.0. The first kappa shape index (κ1) is 12.4. The summed E-state index contributed by atoms with van der Waals surface area (Å²) in [6.07, 6.45) is 3.83. The highest BCUT2D eigenvalue weighted by Gasteiger charge is 2.03. The maximum atomic E-state index is 4.51. The van der Waals surface area contributed by atoms with Gasteiger partial charge in [-0.25, -0.2) is 9.97 Å². The van der Waals surface area contributed by atoms with Crippen LogP contribution in [0.2, 0.25) is 0 Å². The molecule has 4 aromatic rings. The van der Waals surface area contributed by atoms with Crippen molar-refractivity contribution < 1.29 is 0 Å². The van der Waals surface area contributed by atoms with Crippen LogP contribution < -0.4 is 0 Å². The SMILES string of the molecule is c1ccc2cc(Sc3cc4ccccc4cn3)ncc2c1. The van der Waals surface area contributed by atoms with Crippen LogP contribution in [0.4, 0.5) is 0 Å². The lowest BCUT2D eigenvalue weighted by Gasteiger charge is -2.04. The molecule has 0 fully saturated rings. The Balaban J connectivity index is 1.71. The topological polar surface area (TPSA) is 25.8 Å². The summed E-state index contributed by atoms with van der Waals surface area (Å²) in [7, 11) is 0. The Morgan fingerprint density at radius 3 is 1.48 bits per heavy atom. The van der Waals surface area contributed by atoms with E-state index in [0.29, 0.717) is 0 Å². The minimum Gasteiger partial charge on any atom is -0.249 e. The van der Waals surface area contributed by atoms with Gasteiger partial charge >= 0.3 is 0 Å². The first-order chi connectivity index (χ1) is 10.4. The highest BCUT2D eigenvalue weighted by Crippen LogP contribution is 2.28. The molecule has 21 heavy (non-hydrogen) atoms. The minimum absolute atomic E-state index is 0.969. The Morgan fingerprint density at radius 2 is 1.00 bits per heavy atom. The summed E-state index contributed by atoms with van der Waals surface area (Å²) < 4.78 is 0. The van der Waals surface area contributed by atoms with E-state index in [4.69, 9.17) is 0 Å². The second-order valence-electron chi connectivity index (χ2n) is 4.84. The monoisotopic (exact) mass is 288 g/mol. The fourth-order valence-corrected chi connectivity index (χ4v) is 3.14. The molecular weight excluding hydrogens is 276 g/mol. The van der Waals surface area contributed by atoms with E-state index >= 15 is 0 Å². The van der Waals surface area contributed by atoms with Gasteiger partial charge in [0.2, 0.25) is 0 Å². The van der Waals surface area contributed by atoms with Crippen LogP contribution in [-0.4, -0.2) is 9.97 Å². The smallest absolute Gasteiger partial charge is 0.103 e. The number of rotatable bonds is 2. The second-order valence-corrected chi connectivity index (χ2v) is 5.88. The summed E-state index contributed by atoms with van der Waals surface area (Å²) in [5.41, 5.74) is 0. The zero-order chi connectivity index (χ0) is 14.1. The van der Waals surface area contributed by atoms with Crippen LogP contribution in [-0.2, 0) is 0 Å². The molecular formula is C18H12N2S. The molecule has 0 unspecified atom stereocenters. The molecule has 0 aliphatic carbocycles. The number of fused-ring (bicyclic) bond motifs is 2. The number of pyridine rings is 2. The van der Waals surface area contributed by atoms with Crippen LogP contribution in [0.25, 0.3) is 21.5 Å². The molecule has 0 amide bonds. The van der Waals surface area contributed by atoms with Crippen molar-refractivity contribution in [3.63, 3.8) is 0 Å². The summed E-state index contributed by atoms with van der Waals surface area (Å²) in [6, 6.07) is 20.7. The molecule has 2 aromatic heterocycles. The normalized spacial score (nSPS) is 11.0. The maximum Gasteiger partial charge on any atom is 0.103 e. The second kappa shape index (κ2) is 5.19. The van der Waals surface area contributed by atoms with Gasteiger partial charge in [-0.1, -0.05) is 60.3 Å². The van der Waals surface area contributed by atoms with Crippen LogP contribution in [0.15, 0.2) is 83.1 Å².